The molecule has 0 rings (SSSR count). The van der Waals surface area contributed by atoms with Crippen LogP contribution in [-0.4, -0.2) is 47.4 Å². The smallest absolute Gasteiger partial charge is 0.305 e. The monoisotopic (exact) mass is 1010 g/mol. The molecule has 6 nitrogen and oxygen atoms in total. The number of nitrogens with one attached hydrogen (secondary N) is 1. The van der Waals surface area contributed by atoms with Crippen LogP contribution in [0.15, 0.2) is 36.5 Å². The Morgan fingerprint density at radius 1 is 0.389 bits per heavy atom. The summed E-state index contributed by atoms with van der Waals surface area (Å²) < 4.78 is 5.47. The zero-order valence-electron chi connectivity index (χ0n) is 48.4. The highest BCUT2D eigenvalue weighted by Crippen LogP contribution is 2.18. The van der Waals surface area contributed by atoms with Crippen LogP contribution in [0.25, 0.3) is 0 Å². The number of aliphatic hydroxyl groups excluding tert-OH is 2. The van der Waals surface area contributed by atoms with Crippen LogP contribution in [0.4, 0.5) is 0 Å². The van der Waals surface area contributed by atoms with E-state index in [9.17, 15) is 19.8 Å². The van der Waals surface area contributed by atoms with Gasteiger partial charge in [0.15, 0.2) is 0 Å². The van der Waals surface area contributed by atoms with Gasteiger partial charge in [0, 0.05) is 12.8 Å². The Labute approximate surface area is 449 Å². The lowest BCUT2D eigenvalue weighted by Crippen LogP contribution is -2.45. The van der Waals surface area contributed by atoms with Crippen LogP contribution in [0.3, 0.4) is 0 Å². The van der Waals surface area contributed by atoms with Crippen LogP contribution in [0.1, 0.15) is 348 Å². The average Bonchev–Trinajstić information content (AvgIpc) is 3.38. The number of rotatable bonds is 60. The van der Waals surface area contributed by atoms with Crippen molar-refractivity contribution in [1.29, 1.82) is 0 Å². The van der Waals surface area contributed by atoms with Gasteiger partial charge < -0.3 is 20.3 Å². The van der Waals surface area contributed by atoms with E-state index < -0.39 is 12.1 Å². The van der Waals surface area contributed by atoms with Crippen LogP contribution in [-0.2, 0) is 14.3 Å². The molecule has 3 N–H and O–H groups in total. The first-order valence-corrected chi connectivity index (χ1v) is 32.2. The maximum absolute atomic E-state index is 12.5. The lowest BCUT2D eigenvalue weighted by molar-refractivity contribution is -0.143. The Hall–Kier alpha value is -1.92. The van der Waals surface area contributed by atoms with Crippen LogP contribution >= 0.6 is 0 Å². The molecule has 0 aromatic heterocycles. The second-order valence-electron chi connectivity index (χ2n) is 22.1. The second kappa shape index (κ2) is 61.6. The van der Waals surface area contributed by atoms with Crippen molar-refractivity contribution in [2.75, 3.05) is 13.2 Å². The first-order chi connectivity index (χ1) is 35.5. The molecule has 0 spiro atoms. The number of hydrogen-bond donors (Lipinski definition) is 3. The number of carbonyl (C=O) groups is 2. The number of aliphatic hydroxyl groups is 2. The number of ether oxygens (including phenoxy) is 1. The molecule has 0 aliphatic carbocycles. The van der Waals surface area contributed by atoms with E-state index in [1.54, 1.807) is 0 Å². The number of unbranched alkanes of at least 4 members (excludes halogenated alkanes) is 43. The van der Waals surface area contributed by atoms with Crippen LogP contribution in [0.5, 0.6) is 0 Å². The van der Waals surface area contributed by atoms with Gasteiger partial charge in [-0.05, 0) is 77.0 Å². The van der Waals surface area contributed by atoms with Crippen molar-refractivity contribution < 1.29 is 24.5 Å². The molecule has 2 unspecified atom stereocenters. The van der Waals surface area contributed by atoms with Gasteiger partial charge in [-0.25, -0.2) is 0 Å². The van der Waals surface area contributed by atoms with E-state index in [1.165, 1.54) is 263 Å². The fourth-order valence-corrected chi connectivity index (χ4v) is 9.95. The summed E-state index contributed by atoms with van der Waals surface area (Å²) >= 11 is 0. The predicted octanol–water partition coefficient (Wildman–Crippen LogP) is 20.4. The van der Waals surface area contributed by atoms with E-state index in [0.717, 1.165) is 51.4 Å². The third kappa shape index (κ3) is 57.4. The van der Waals surface area contributed by atoms with Crippen LogP contribution < -0.4 is 5.32 Å². The zero-order valence-corrected chi connectivity index (χ0v) is 48.4. The minimum absolute atomic E-state index is 0.00441. The maximum atomic E-state index is 12.5. The molecule has 0 heterocycles. The van der Waals surface area contributed by atoms with E-state index in [4.69, 9.17) is 4.74 Å². The Balaban J connectivity index is 3.43. The molecule has 0 saturated carbocycles. The number of amides is 1. The molecular weight excluding hydrogens is 887 g/mol. The van der Waals surface area contributed by atoms with Crippen molar-refractivity contribution in [3.8, 4) is 0 Å². The minimum Gasteiger partial charge on any atom is -0.466 e. The lowest BCUT2D eigenvalue weighted by Gasteiger charge is -2.22. The predicted molar refractivity (Wildman–Crippen MR) is 315 cm³/mol. The molecule has 0 radical (unpaired) electrons. The van der Waals surface area contributed by atoms with Crippen LogP contribution in [0, 0.1) is 0 Å². The number of allylic oxidation sites excluding steroid dienone is 6. The molecule has 0 saturated heterocycles. The fourth-order valence-electron chi connectivity index (χ4n) is 9.95. The first kappa shape index (κ1) is 70.1. The Morgan fingerprint density at radius 3 is 1.11 bits per heavy atom. The van der Waals surface area contributed by atoms with Crippen molar-refractivity contribution >= 4 is 11.9 Å². The normalized spacial score (nSPS) is 12.8. The quantitative estimate of drug-likeness (QED) is 0.0320. The SMILES string of the molecule is CCCC/C=C\C/C=C\CCCCCCCC(=O)OCCCCCCCCCCCCC/C=C\CCCCCCCCCC(=O)NC(CO)C(O)CCCCCCCCCCCCCCCCCCCCC. The summed E-state index contributed by atoms with van der Waals surface area (Å²) in [6.45, 7) is 4.92. The first-order valence-electron chi connectivity index (χ1n) is 32.2. The van der Waals surface area contributed by atoms with Crippen molar-refractivity contribution in [3.63, 3.8) is 0 Å². The molecular formula is C66H125NO5. The molecule has 0 aromatic carbocycles. The molecule has 424 valence electrons. The van der Waals surface area contributed by atoms with Crippen molar-refractivity contribution in [2.24, 2.45) is 0 Å². The Bertz CT molecular complexity index is 1170. The molecule has 1 amide bonds. The van der Waals surface area contributed by atoms with Gasteiger partial charge >= 0.3 is 5.97 Å². The topological polar surface area (TPSA) is 95.9 Å². The van der Waals surface area contributed by atoms with Crippen molar-refractivity contribution in [2.45, 2.75) is 360 Å². The molecule has 6 heteroatoms. The largest absolute Gasteiger partial charge is 0.466 e. The summed E-state index contributed by atoms with van der Waals surface area (Å²) in [6.07, 6.45) is 77.3. The lowest BCUT2D eigenvalue weighted by atomic mass is 10.0. The summed E-state index contributed by atoms with van der Waals surface area (Å²) in [5.41, 5.74) is 0. The highest BCUT2D eigenvalue weighted by Gasteiger charge is 2.20. The van der Waals surface area contributed by atoms with Gasteiger partial charge in [-0.15, -0.1) is 0 Å². The minimum atomic E-state index is -0.670. The highest BCUT2D eigenvalue weighted by molar-refractivity contribution is 5.76. The van der Waals surface area contributed by atoms with Crippen molar-refractivity contribution in [3.05, 3.63) is 36.5 Å². The van der Waals surface area contributed by atoms with Gasteiger partial charge in [-0.1, -0.05) is 294 Å². The molecule has 0 fully saturated rings. The maximum Gasteiger partial charge on any atom is 0.305 e. The average molecular weight is 1010 g/mol. The highest BCUT2D eigenvalue weighted by atomic mass is 16.5. The summed E-state index contributed by atoms with van der Waals surface area (Å²) in [7, 11) is 0. The van der Waals surface area contributed by atoms with Crippen LogP contribution in [0.2, 0.25) is 0 Å². The van der Waals surface area contributed by atoms with E-state index in [1.807, 2.05) is 0 Å². The Kier molecular flexibility index (Phi) is 60.0. The summed E-state index contributed by atoms with van der Waals surface area (Å²) in [5, 5.41) is 23.4. The van der Waals surface area contributed by atoms with Gasteiger partial charge in [-0.2, -0.15) is 0 Å². The molecule has 2 atom stereocenters. The third-order valence-electron chi connectivity index (χ3n) is 14.9. The molecule has 72 heavy (non-hydrogen) atoms. The molecule has 0 bridgehead atoms. The van der Waals surface area contributed by atoms with E-state index in [2.05, 4.69) is 55.6 Å². The van der Waals surface area contributed by atoms with Gasteiger partial charge in [0.2, 0.25) is 5.91 Å². The van der Waals surface area contributed by atoms with E-state index in [0.29, 0.717) is 25.9 Å². The number of hydrogen-bond acceptors (Lipinski definition) is 5. The second-order valence-corrected chi connectivity index (χ2v) is 22.1. The number of esters is 1. The standard InChI is InChI=1S/C66H125NO5/c1-3-5-7-9-11-13-15-17-19-20-25-28-31-34-38-42-46-50-54-58-64(69)63(62-68)67-65(70)59-55-51-47-43-39-35-32-29-26-23-21-22-24-27-30-33-37-41-45-49-53-57-61-72-66(71)60-56-52-48-44-40-36-18-16-14-12-10-8-6-4-2/h10,12,16,18,23,26,63-64,68-69H,3-9,11,13-15,17,19-22,24-25,27-62H2,1-2H3,(H,67,70)/b12-10-,18-16-,26-23-. The summed E-state index contributed by atoms with van der Waals surface area (Å²) in [6, 6.07) is -0.548. The van der Waals surface area contributed by atoms with Gasteiger partial charge in [0.05, 0.1) is 25.4 Å². The third-order valence-corrected chi connectivity index (χ3v) is 14.9. The number of carbonyl (C=O) groups excluding carboxylic acids is 2. The van der Waals surface area contributed by atoms with Gasteiger partial charge in [-0.3, -0.25) is 9.59 Å². The fraction of sp³-hybridized carbons (Fsp3) is 0.879. The molecule has 0 aliphatic heterocycles. The summed E-state index contributed by atoms with van der Waals surface area (Å²) in [5.74, 6) is -0.0439. The van der Waals surface area contributed by atoms with E-state index in [-0.39, 0.29) is 18.5 Å². The summed E-state index contributed by atoms with van der Waals surface area (Å²) in [4.78, 5) is 24.6. The Morgan fingerprint density at radius 2 is 0.708 bits per heavy atom. The van der Waals surface area contributed by atoms with Crippen molar-refractivity contribution in [1.82, 2.24) is 5.32 Å². The molecule has 0 aliphatic rings. The van der Waals surface area contributed by atoms with E-state index >= 15 is 0 Å². The molecule has 0 aromatic rings. The zero-order chi connectivity index (χ0) is 52.2. The van der Waals surface area contributed by atoms with Gasteiger partial charge in [0.1, 0.15) is 0 Å². The van der Waals surface area contributed by atoms with Gasteiger partial charge in [0.25, 0.3) is 0 Å².